The van der Waals surface area contributed by atoms with E-state index >= 15 is 0 Å². The summed E-state index contributed by atoms with van der Waals surface area (Å²) >= 11 is 0. The number of rotatable bonds is 1. The second-order valence-corrected chi connectivity index (χ2v) is 2.74. The first-order chi connectivity index (χ1) is 6.31. The zero-order valence-corrected chi connectivity index (χ0v) is 6.78. The molecule has 0 aliphatic carbocycles. The van der Waals surface area contributed by atoms with Crippen LogP contribution in [0.5, 0.6) is 5.75 Å². The van der Waals surface area contributed by atoms with Gasteiger partial charge in [-0.1, -0.05) is 0 Å². The fourth-order valence-corrected chi connectivity index (χ4v) is 1.24. The average Bonchev–Trinajstić information content (AvgIpc) is 2.52. The molecule has 0 unspecified atom stereocenters. The Morgan fingerprint density at radius 1 is 1.54 bits per heavy atom. The molecular weight excluding hydrogens is 166 g/mol. The van der Waals surface area contributed by atoms with E-state index in [4.69, 9.17) is 5.26 Å². The molecule has 0 amide bonds. The summed E-state index contributed by atoms with van der Waals surface area (Å²) in [4.78, 5) is 6.90. The highest BCUT2D eigenvalue weighted by atomic mass is 16.3. The number of phenols is 1. The van der Waals surface area contributed by atoms with Crippen molar-refractivity contribution in [1.29, 1.82) is 5.26 Å². The van der Waals surface area contributed by atoms with Gasteiger partial charge in [-0.2, -0.15) is 5.26 Å². The van der Waals surface area contributed by atoms with Crippen LogP contribution in [0.4, 0.5) is 0 Å². The minimum absolute atomic E-state index is 0.126. The Balaban J connectivity index is 2.64. The fourth-order valence-electron chi connectivity index (χ4n) is 1.24. The molecule has 13 heavy (non-hydrogen) atoms. The molecule has 1 heterocycles. The zero-order valence-electron chi connectivity index (χ0n) is 6.78. The summed E-state index contributed by atoms with van der Waals surface area (Å²) < 4.78 is 0. The molecule has 4 nitrogen and oxygen atoms in total. The van der Waals surface area contributed by atoms with Crippen LogP contribution in [0, 0.1) is 11.3 Å². The van der Waals surface area contributed by atoms with Gasteiger partial charge in [0.1, 0.15) is 5.75 Å². The Labute approximate surface area is 74.5 Å². The summed E-state index contributed by atoms with van der Waals surface area (Å²) in [5.74, 6) is 0.126. The molecule has 64 valence electrons. The van der Waals surface area contributed by atoms with Gasteiger partial charge in [0.05, 0.1) is 29.9 Å². The smallest absolute Gasteiger partial charge is 0.122 e. The minimum atomic E-state index is 0.126. The third-order valence-corrected chi connectivity index (χ3v) is 1.89. The molecule has 0 saturated heterocycles. The van der Waals surface area contributed by atoms with E-state index in [1.165, 1.54) is 0 Å². The van der Waals surface area contributed by atoms with Crippen LogP contribution in [0.25, 0.3) is 11.0 Å². The highest BCUT2D eigenvalue weighted by molar-refractivity contribution is 5.77. The van der Waals surface area contributed by atoms with Crippen LogP contribution in [-0.4, -0.2) is 15.1 Å². The van der Waals surface area contributed by atoms with Gasteiger partial charge in [0.2, 0.25) is 0 Å². The average molecular weight is 173 g/mol. The van der Waals surface area contributed by atoms with Crippen LogP contribution in [0.3, 0.4) is 0 Å². The van der Waals surface area contributed by atoms with Crippen molar-refractivity contribution in [3.63, 3.8) is 0 Å². The van der Waals surface area contributed by atoms with Gasteiger partial charge in [-0.25, -0.2) is 4.98 Å². The number of nitriles is 1. The number of aromatic amines is 1. The van der Waals surface area contributed by atoms with E-state index < -0.39 is 0 Å². The Morgan fingerprint density at radius 2 is 2.38 bits per heavy atom. The quantitative estimate of drug-likeness (QED) is 0.683. The number of nitrogens with zero attached hydrogens (tertiary/aromatic N) is 2. The van der Waals surface area contributed by atoms with Gasteiger partial charge in [0.25, 0.3) is 0 Å². The molecule has 2 aromatic rings. The minimum Gasteiger partial charge on any atom is -0.508 e. The maximum atomic E-state index is 9.45. The fraction of sp³-hybridized carbons (Fsp3) is 0.111. The van der Waals surface area contributed by atoms with E-state index in [1.54, 1.807) is 18.5 Å². The predicted octanol–water partition coefficient (Wildman–Crippen LogP) is 1.33. The van der Waals surface area contributed by atoms with Crippen LogP contribution in [0.1, 0.15) is 5.56 Å². The molecule has 0 bridgehead atoms. The van der Waals surface area contributed by atoms with Gasteiger partial charge in [-0.05, 0) is 6.07 Å². The standard InChI is InChI=1S/C9H7N3O/c10-2-1-6-3-7-8(4-9(6)13)12-5-11-7/h3-5,13H,1H2,(H,11,12). The molecule has 1 aromatic carbocycles. The summed E-state index contributed by atoms with van der Waals surface area (Å²) in [5, 5.41) is 17.9. The van der Waals surface area contributed by atoms with Crippen LogP contribution >= 0.6 is 0 Å². The summed E-state index contributed by atoms with van der Waals surface area (Å²) in [6, 6.07) is 5.28. The Kier molecular flexibility index (Phi) is 1.64. The van der Waals surface area contributed by atoms with Crippen molar-refractivity contribution in [1.82, 2.24) is 9.97 Å². The maximum absolute atomic E-state index is 9.45. The lowest BCUT2D eigenvalue weighted by atomic mass is 10.1. The molecule has 0 fully saturated rings. The zero-order chi connectivity index (χ0) is 9.26. The number of benzene rings is 1. The normalized spacial score (nSPS) is 10.1. The lowest BCUT2D eigenvalue weighted by molar-refractivity contribution is 0.470. The van der Waals surface area contributed by atoms with Gasteiger partial charge in [0, 0.05) is 11.6 Å². The SMILES string of the molecule is N#CCc1cc2[nH]cnc2cc1O. The third-order valence-electron chi connectivity index (χ3n) is 1.89. The second-order valence-electron chi connectivity index (χ2n) is 2.74. The molecule has 0 radical (unpaired) electrons. The van der Waals surface area contributed by atoms with Crippen LogP contribution in [0.2, 0.25) is 0 Å². The number of aromatic nitrogens is 2. The van der Waals surface area contributed by atoms with Crippen molar-refractivity contribution in [2.24, 2.45) is 0 Å². The van der Waals surface area contributed by atoms with Crippen LogP contribution in [0.15, 0.2) is 18.5 Å². The molecule has 2 N–H and O–H groups in total. The van der Waals surface area contributed by atoms with E-state index in [0.29, 0.717) is 11.1 Å². The number of nitrogens with one attached hydrogen (secondary N) is 1. The number of fused-ring (bicyclic) bond motifs is 1. The van der Waals surface area contributed by atoms with E-state index in [-0.39, 0.29) is 12.2 Å². The molecule has 0 aliphatic rings. The molecule has 0 atom stereocenters. The Morgan fingerprint density at radius 3 is 3.15 bits per heavy atom. The monoisotopic (exact) mass is 173 g/mol. The first kappa shape index (κ1) is 7.62. The van der Waals surface area contributed by atoms with Crippen molar-refractivity contribution in [2.45, 2.75) is 6.42 Å². The Bertz CT molecular complexity index is 481. The maximum Gasteiger partial charge on any atom is 0.122 e. The number of aromatic hydroxyl groups is 1. The third kappa shape index (κ3) is 1.20. The summed E-state index contributed by atoms with van der Waals surface area (Å²) in [6.45, 7) is 0. The van der Waals surface area contributed by atoms with Gasteiger partial charge in [0.15, 0.2) is 0 Å². The number of hydrogen-bond donors (Lipinski definition) is 2. The lowest BCUT2D eigenvalue weighted by Gasteiger charge is -1.98. The number of phenolic OH excluding ortho intramolecular Hbond substituents is 1. The van der Waals surface area contributed by atoms with E-state index in [1.807, 2.05) is 6.07 Å². The largest absolute Gasteiger partial charge is 0.508 e. The number of H-pyrrole nitrogens is 1. The summed E-state index contributed by atoms with van der Waals surface area (Å²) in [6.07, 6.45) is 1.76. The van der Waals surface area contributed by atoms with E-state index in [0.717, 1.165) is 5.52 Å². The first-order valence-corrected chi connectivity index (χ1v) is 3.83. The molecule has 4 heteroatoms. The van der Waals surface area contributed by atoms with Crippen molar-refractivity contribution < 1.29 is 5.11 Å². The van der Waals surface area contributed by atoms with Crippen LogP contribution < -0.4 is 0 Å². The van der Waals surface area contributed by atoms with Crippen molar-refractivity contribution in [3.8, 4) is 11.8 Å². The van der Waals surface area contributed by atoms with Crippen LogP contribution in [-0.2, 0) is 6.42 Å². The summed E-state index contributed by atoms with van der Waals surface area (Å²) in [7, 11) is 0. The van der Waals surface area contributed by atoms with Crippen molar-refractivity contribution >= 4 is 11.0 Å². The number of hydrogen-bond acceptors (Lipinski definition) is 3. The van der Waals surface area contributed by atoms with Crippen molar-refractivity contribution in [2.75, 3.05) is 0 Å². The molecule has 1 aromatic heterocycles. The molecular formula is C9H7N3O. The molecule has 0 saturated carbocycles. The van der Waals surface area contributed by atoms with E-state index in [2.05, 4.69) is 9.97 Å². The van der Waals surface area contributed by atoms with Gasteiger partial charge >= 0.3 is 0 Å². The van der Waals surface area contributed by atoms with Crippen molar-refractivity contribution in [3.05, 3.63) is 24.0 Å². The summed E-state index contributed by atoms with van der Waals surface area (Å²) in [5.41, 5.74) is 2.17. The highest BCUT2D eigenvalue weighted by Crippen LogP contribution is 2.22. The molecule has 2 rings (SSSR count). The van der Waals surface area contributed by atoms with Gasteiger partial charge in [-0.15, -0.1) is 0 Å². The predicted molar refractivity (Wildman–Crippen MR) is 47.1 cm³/mol. The lowest BCUT2D eigenvalue weighted by Crippen LogP contribution is -1.83. The molecule has 0 aliphatic heterocycles. The Hall–Kier alpha value is -2.02. The molecule has 0 spiro atoms. The van der Waals surface area contributed by atoms with Gasteiger partial charge in [-0.3, -0.25) is 0 Å². The number of imidazole rings is 1. The highest BCUT2D eigenvalue weighted by Gasteiger charge is 2.04. The van der Waals surface area contributed by atoms with Gasteiger partial charge < -0.3 is 10.1 Å². The second kappa shape index (κ2) is 2.79. The van der Waals surface area contributed by atoms with E-state index in [9.17, 15) is 5.11 Å². The topological polar surface area (TPSA) is 72.7 Å². The first-order valence-electron chi connectivity index (χ1n) is 3.83.